The van der Waals surface area contributed by atoms with E-state index in [0.29, 0.717) is 33.5 Å². The molecule has 3 aromatic rings. The highest BCUT2D eigenvalue weighted by Gasteiger charge is 2.16. The lowest BCUT2D eigenvalue weighted by molar-refractivity contribution is -0.131. The lowest BCUT2D eigenvalue weighted by Gasteiger charge is -2.22. The second-order valence-electron chi connectivity index (χ2n) is 8.05. The molecule has 0 heterocycles. The van der Waals surface area contributed by atoms with Crippen molar-refractivity contribution in [1.29, 1.82) is 0 Å². The lowest BCUT2D eigenvalue weighted by atomic mass is 10.1. The van der Waals surface area contributed by atoms with E-state index in [1.165, 1.54) is 36.3 Å². The summed E-state index contributed by atoms with van der Waals surface area (Å²) in [7, 11) is 1.45. The average molecular weight is 542 g/mol. The van der Waals surface area contributed by atoms with E-state index in [1.54, 1.807) is 42.5 Å². The monoisotopic (exact) mass is 541 g/mol. The Kier molecular flexibility index (Phi) is 10.3. The molecule has 3 amide bonds. The molecule has 0 radical (unpaired) electrons. The Labute approximate surface area is 224 Å². The number of rotatable bonds is 12. The Morgan fingerprint density at radius 1 is 0.947 bits per heavy atom. The summed E-state index contributed by atoms with van der Waals surface area (Å²) in [6, 6.07) is 17.3. The van der Waals surface area contributed by atoms with Crippen LogP contribution >= 0.6 is 11.6 Å². The van der Waals surface area contributed by atoms with Crippen LogP contribution in [0.15, 0.2) is 66.7 Å². The number of ether oxygens (including phenoxy) is 2. The summed E-state index contributed by atoms with van der Waals surface area (Å²) >= 11 is 6.08. The van der Waals surface area contributed by atoms with Crippen LogP contribution < -0.4 is 20.1 Å². The van der Waals surface area contributed by atoms with Crippen molar-refractivity contribution in [2.75, 3.05) is 44.0 Å². The van der Waals surface area contributed by atoms with Gasteiger partial charge >= 0.3 is 12.0 Å². The van der Waals surface area contributed by atoms with Gasteiger partial charge in [0.1, 0.15) is 18.1 Å². The topological polar surface area (TPSA) is 137 Å². The van der Waals surface area contributed by atoms with Crippen LogP contribution in [0.25, 0.3) is 0 Å². The first kappa shape index (κ1) is 28.3. The summed E-state index contributed by atoms with van der Waals surface area (Å²) in [5, 5.41) is 24.2. The third kappa shape index (κ3) is 8.12. The fraction of sp³-hybridized carbons (Fsp3) is 0.222. The van der Waals surface area contributed by atoms with Crippen molar-refractivity contribution in [3.05, 3.63) is 82.9 Å². The van der Waals surface area contributed by atoms with E-state index >= 15 is 0 Å². The summed E-state index contributed by atoms with van der Waals surface area (Å²) in [5.74, 6) is -0.426. The van der Waals surface area contributed by atoms with Crippen LogP contribution in [0, 0.1) is 0 Å². The van der Waals surface area contributed by atoms with Gasteiger partial charge in [-0.25, -0.2) is 9.59 Å². The normalized spacial score (nSPS) is 10.4. The molecule has 0 atom stereocenters. The Hall–Kier alpha value is -4.28. The quantitative estimate of drug-likeness (QED) is 0.270. The van der Waals surface area contributed by atoms with E-state index in [0.717, 1.165) is 0 Å². The van der Waals surface area contributed by atoms with E-state index < -0.39 is 12.0 Å². The van der Waals surface area contributed by atoms with Crippen LogP contribution in [-0.4, -0.2) is 66.4 Å². The molecular weight excluding hydrogens is 514 g/mol. The fourth-order valence-electron chi connectivity index (χ4n) is 3.52. The van der Waals surface area contributed by atoms with Gasteiger partial charge in [0.05, 0.1) is 48.6 Å². The molecule has 38 heavy (non-hydrogen) atoms. The zero-order chi connectivity index (χ0) is 27.5. The number of aromatic carboxylic acids is 1. The number of para-hydroxylation sites is 1. The number of aliphatic hydroxyl groups is 1. The van der Waals surface area contributed by atoms with Crippen LogP contribution in [0.2, 0.25) is 5.02 Å². The number of carboxylic acid groups (broad SMARTS) is 1. The highest BCUT2D eigenvalue weighted by molar-refractivity contribution is 6.33. The number of nitrogens with zero attached hydrogens (tertiary/aromatic N) is 1. The molecule has 0 aliphatic rings. The van der Waals surface area contributed by atoms with Crippen LogP contribution in [0.4, 0.5) is 16.2 Å². The van der Waals surface area contributed by atoms with Crippen LogP contribution in [0.5, 0.6) is 11.5 Å². The van der Waals surface area contributed by atoms with Crippen molar-refractivity contribution in [2.24, 2.45) is 0 Å². The molecule has 0 fully saturated rings. The third-order valence-electron chi connectivity index (χ3n) is 5.45. The molecule has 0 aliphatic carbocycles. The van der Waals surface area contributed by atoms with Crippen molar-refractivity contribution in [1.82, 2.24) is 4.90 Å². The number of hydrogen-bond donors (Lipinski definition) is 4. The molecule has 10 nitrogen and oxygen atoms in total. The predicted molar refractivity (Wildman–Crippen MR) is 143 cm³/mol. The number of carbonyl (C=O) groups excluding carboxylic acids is 2. The standard InChI is InChI=1S/C27H28ClN3O7/c1-37-24-16-18(6-11-23(24)30-27(36)29-22-5-3-2-4-21(22)28)17-25(33)31(12-14-32)13-15-38-20-9-7-19(8-10-20)26(34)35/h2-11,16,32H,12-15,17H2,1H3,(H,34,35)(H2,29,30,36). The van der Waals surface area contributed by atoms with Gasteiger partial charge < -0.3 is 35.2 Å². The first-order valence-electron chi connectivity index (χ1n) is 11.6. The molecular formula is C27H28ClN3O7. The van der Waals surface area contributed by atoms with Gasteiger partial charge in [0.15, 0.2) is 0 Å². The molecule has 0 saturated carbocycles. The second kappa shape index (κ2) is 13.9. The number of carboxylic acids is 1. The maximum atomic E-state index is 12.9. The highest BCUT2D eigenvalue weighted by Crippen LogP contribution is 2.27. The number of amides is 3. The predicted octanol–water partition coefficient (Wildman–Crippen LogP) is 4.13. The fourth-order valence-corrected chi connectivity index (χ4v) is 3.71. The van der Waals surface area contributed by atoms with E-state index in [4.69, 9.17) is 26.2 Å². The van der Waals surface area contributed by atoms with Gasteiger partial charge in [-0.05, 0) is 54.1 Å². The Bertz CT molecular complexity index is 1270. The van der Waals surface area contributed by atoms with Crippen LogP contribution in [0.3, 0.4) is 0 Å². The molecule has 0 aliphatic heterocycles. The van der Waals surface area contributed by atoms with Crippen LogP contribution in [0.1, 0.15) is 15.9 Å². The zero-order valence-corrected chi connectivity index (χ0v) is 21.4. The maximum Gasteiger partial charge on any atom is 0.335 e. The van der Waals surface area contributed by atoms with Gasteiger partial charge in [0.25, 0.3) is 0 Å². The molecule has 0 spiro atoms. The van der Waals surface area contributed by atoms with Gasteiger partial charge in [-0.15, -0.1) is 0 Å². The number of benzene rings is 3. The van der Waals surface area contributed by atoms with Crippen molar-refractivity contribution in [3.8, 4) is 11.5 Å². The van der Waals surface area contributed by atoms with Crippen molar-refractivity contribution in [3.63, 3.8) is 0 Å². The summed E-state index contributed by atoms with van der Waals surface area (Å²) in [6.07, 6.45) is 0.0375. The molecule has 0 aromatic heterocycles. The number of hydrogen-bond acceptors (Lipinski definition) is 6. The number of urea groups is 1. The zero-order valence-electron chi connectivity index (χ0n) is 20.6. The number of carbonyl (C=O) groups is 3. The molecule has 11 heteroatoms. The Morgan fingerprint density at radius 3 is 2.32 bits per heavy atom. The van der Waals surface area contributed by atoms with E-state index in [1.807, 2.05) is 0 Å². The molecule has 4 N–H and O–H groups in total. The maximum absolute atomic E-state index is 12.9. The lowest BCUT2D eigenvalue weighted by Crippen LogP contribution is -2.37. The molecule has 3 aromatic carbocycles. The second-order valence-corrected chi connectivity index (χ2v) is 8.46. The summed E-state index contributed by atoms with van der Waals surface area (Å²) < 4.78 is 11.0. The molecule has 200 valence electrons. The first-order valence-corrected chi connectivity index (χ1v) is 12.0. The van der Waals surface area contributed by atoms with Crippen molar-refractivity contribution >= 4 is 40.9 Å². The number of anilines is 2. The summed E-state index contributed by atoms with van der Waals surface area (Å²) in [6.45, 7) is 0.287. The minimum atomic E-state index is -1.03. The van der Waals surface area contributed by atoms with Crippen molar-refractivity contribution < 1.29 is 34.1 Å². The van der Waals surface area contributed by atoms with Gasteiger partial charge in [-0.2, -0.15) is 0 Å². The molecule has 0 unspecified atom stereocenters. The molecule has 0 bridgehead atoms. The SMILES string of the molecule is COc1cc(CC(=O)N(CCO)CCOc2ccc(C(=O)O)cc2)ccc1NC(=O)Nc1ccccc1Cl. The first-order chi connectivity index (χ1) is 18.3. The average Bonchev–Trinajstić information content (AvgIpc) is 2.90. The Morgan fingerprint density at radius 2 is 1.66 bits per heavy atom. The highest BCUT2D eigenvalue weighted by atomic mass is 35.5. The van der Waals surface area contributed by atoms with Gasteiger partial charge in [-0.1, -0.05) is 29.8 Å². The van der Waals surface area contributed by atoms with Gasteiger partial charge in [0, 0.05) is 6.54 Å². The number of aliphatic hydroxyl groups excluding tert-OH is 1. The molecule has 0 saturated heterocycles. The number of halogens is 1. The third-order valence-corrected chi connectivity index (χ3v) is 5.77. The van der Waals surface area contributed by atoms with Gasteiger partial charge in [0.2, 0.25) is 5.91 Å². The van der Waals surface area contributed by atoms with Gasteiger partial charge in [-0.3, -0.25) is 4.79 Å². The van der Waals surface area contributed by atoms with E-state index in [9.17, 15) is 19.5 Å². The number of nitrogens with one attached hydrogen (secondary N) is 2. The summed E-state index contributed by atoms with van der Waals surface area (Å²) in [5.41, 5.74) is 1.66. The van der Waals surface area contributed by atoms with E-state index in [2.05, 4.69) is 10.6 Å². The smallest absolute Gasteiger partial charge is 0.335 e. The Balaban J connectivity index is 1.58. The minimum absolute atomic E-state index is 0.0375. The van der Waals surface area contributed by atoms with Crippen molar-refractivity contribution in [2.45, 2.75) is 6.42 Å². The number of methoxy groups -OCH3 is 1. The summed E-state index contributed by atoms with van der Waals surface area (Å²) in [4.78, 5) is 37.8. The van der Waals surface area contributed by atoms with E-state index in [-0.39, 0.29) is 44.2 Å². The van der Waals surface area contributed by atoms with Crippen LogP contribution in [-0.2, 0) is 11.2 Å². The molecule has 3 rings (SSSR count). The largest absolute Gasteiger partial charge is 0.495 e. The minimum Gasteiger partial charge on any atom is -0.495 e.